The Morgan fingerprint density at radius 2 is 1.77 bits per heavy atom. The molecular weight excluding hydrogens is 391 g/mol. The summed E-state index contributed by atoms with van der Waals surface area (Å²) < 4.78 is 0. The van der Waals surface area contributed by atoms with Gasteiger partial charge in [0, 0.05) is 26.7 Å². The van der Waals surface area contributed by atoms with Gasteiger partial charge in [-0.3, -0.25) is 4.79 Å². The Morgan fingerprint density at radius 1 is 1.14 bits per heavy atom. The van der Waals surface area contributed by atoms with Gasteiger partial charge in [0.15, 0.2) is 5.96 Å². The number of unbranched alkanes of at least 4 members (excludes halogenated alkanes) is 3. The van der Waals surface area contributed by atoms with Crippen molar-refractivity contribution in [2.24, 2.45) is 4.99 Å². The number of nitrogens with zero attached hydrogens (tertiary/aromatic N) is 2. The number of amides is 1. The molecule has 0 saturated carbocycles. The SMILES string of the molecule is CCCCCC(C)NC(=NCC(=O)N(C)C)NCCCC.I. The van der Waals surface area contributed by atoms with Crippen LogP contribution >= 0.6 is 24.0 Å². The van der Waals surface area contributed by atoms with Crippen molar-refractivity contribution in [3.63, 3.8) is 0 Å². The zero-order chi connectivity index (χ0) is 16.1. The lowest BCUT2D eigenvalue weighted by Gasteiger charge is -2.18. The highest BCUT2D eigenvalue weighted by molar-refractivity contribution is 14.0. The molecule has 0 aliphatic rings. The van der Waals surface area contributed by atoms with Crippen LogP contribution in [0.2, 0.25) is 0 Å². The first-order valence-electron chi connectivity index (χ1n) is 8.26. The Kier molecular flexibility index (Phi) is 16.6. The lowest BCUT2D eigenvalue weighted by atomic mass is 10.1. The van der Waals surface area contributed by atoms with Crippen LogP contribution in [0.5, 0.6) is 0 Å². The maximum atomic E-state index is 11.6. The molecule has 132 valence electrons. The molecule has 0 aliphatic carbocycles. The Labute approximate surface area is 153 Å². The van der Waals surface area contributed by atoms with Gasteiger partial charge in [-0.05, 0) is 19.8 Å². The molecule has 0 aromatic carbocycles. The van der Waals surface area contributed by atoms with Crippen molar-refractivity contribution in [2.45, 2.75) is 65.3 Å². The molecule has 0 aromatic rings. The van der Waals surface area contributed by atoms with E-state index in [2.05, 4.69) is 36.4 Å². The summed E-state index contributed by atoms with van der Waals surface area (Å²) in [5, 5.41) is 6.70. The highest BCUT2D eigenvalue weighted by Gasteiger charge is 2.07. The molecule has 0 saturated heterocycles. The summed E-state index contributed by atoms with van der Waals surface area (Å²) in [5.74, 6) is 0.771. The first kappa shape index (κ1) is 23.7. The second-order valence-corrected chi connectivity index (χ2v) is 5.77. The molecule has 5 nitrogen and oxygen atoms in total. The van der Waals surface area contributed by atoms with E-state index in [1.807, 2.05) is 0 Å². The number of hydrogen-bond donors (Lipinski definition) is 2. The molecule has 0 aliphatic heterocycles. The van der Waals surface area contributed by atoms with Gasteiger partial charge in [0.2, 0.25) is 5.91 Å². The van der Waals surface area contributed by atoms with E-state index in [0.29, 0.717) is 6.04 Å². The summed E-state index contributed by atoms with van der Waals surface area (Å²) in [6, 6.07) is 0.374. The molecule has 6 heteroatoms. The molecule has 0 aromatic heterocycles. The molecule has 0 bridgehead atoms. The number of guanidine groups is 1. The molecule has 0 fully saturated rings. The van der Waals surface area contributed by atoms with Crippen molar-refractivity contribution in [1.29, 1.82) is 0 Å². The van der Waals surface area contributed by atoms with Crippen LogP contribution in [0.3, 0.4) is 0 Å². The zero-order valence-electron chi connectivity index (χ0n) is 14.9. The monoisotopic (exact) mass is 426 g/mol. The Morgan fingerprint density at radius 3 is 2.32 bits per heavy atom. The van der Waals surface area contributed by atoms with Gasteiger partial charge in [-0.1, -0.05) is 39.5 Å². The molecule has 0 heterocycles. The van der Waals surface area contributed by atoms with Crippen LogP contribution in [0.4, 0.5) is 0 Å². The van der Waals surface area contributed by atoms with Crippen molar-refractivity contribution in [3.05, 3.63) is 0 Å². The van der Waals surface area contributed by atoms with E-state index in [4.69, 9.17) is 0 Å². The molecular formula is C16H35IN4O. The number of carbonyl (C=O) groups is 1. The number of hydrogen-bond acceptors (Lipinski definition) is 2. The van der Waals surface area contributed by atoms with Gasteiger partial charge in [-0.15, -0.1) is 24.0 Å². The largest absolute Gasteiger partial charge is 0.356 e. The van der Waals surface area contributed by atoms with E-state index in [0.717, 1.165) is 31.8 Å². The van der Waals surface area contributed by atoms with Crippen molar-refractivity contribution in [1.82, 2.24) is 15.5 Å². The van der Waals surface area contributed by atoms with Gasteiger partial charge in [-0.25, -0.2) is 4.99 Å². The average molecular weight is 426 g/mol. The van der Waals surface area contributed by atoms with Crippen molar-refractivity contribution in [3.8, 4) is 0 Å². The predicted molar refractivity (Wildman–Crippen MR) is 106 cm³/mol. The normalized spacial score (nSPS) is 12.3. The topological polar surface area (TPSA) is 56.7 Å². The van der Waals surface area contributed by atoms with E-state index in [1.165, 1.54) is 19.3 Å². The minimum absolute atomic E-state index is 0. The molecule has 1 unspecified atom stereocenters. The summed E-state index contributed by atoms with van der Waals surface area (Å²) in [6.45, 7) is 7.62. The van der Waals surface area contributed by atoms with Crippen molar-refractivity contribution >= 4 is 35.8 Å². The molecule has 1 amide bonds. The van der Waals surface area contributed by atoms with Gasteiger partial charge in [0.1, 0.15) is 6.54 Å². The van der Waals surface area contributed by atoms with Crippen LogP contribution < -0.4 is 10.6 Å². The second kappa shape index (κ2) is 15.4. The maximum absolute atomic E-state index is 11.6. The van der Waals surface area contributed by atoms with Gasteiger partial charge in [0.25, 0.3) is 0 Å². The minimum Gasteiger partial charge on any atom is -0.356 e. The molecule has 2 N–H and O–H groups in total. The van der Waals surface area contributed by atoms with Crippen LogP contribution in [0.15, 0.2) is 4.99 Å². The first-order chi connectivity index (χ1) is 10.0. The smallest absolute Gasteiger partial charge is 0.243 e. The number of aliphatic imine (C=N–C) groups is 1. The minimum atomic E-state index is 0. The molecule has 22 heavy (non-hydrogen) atoms. The number of likely N-dealkylation sites (N-methyl/N-ethyl adjacent to an activating group) is 1. The summed E-state index contributed by atoms with van der Waals surface area (Å²) in [7, 11) is 3.51. The van der Waals surface area contributed by atoms with Gasteiger partial charge in [0.05, 0.1) is 0 Å². The summed E-state index contributed by atoms with van der Waals surface area (Å²) >= 11 is 0. The van der Waals surface area contributed by atoms with Crippen LogP contribution in [0.1, 0.15) is 59.3 Å². The Hall–Kier alpha value is -0.530. The summed E-state index contributed by atoms with van der Waals surface area (Å²) in [6.07, 6.45) is 7.10. The van der Waals surface area contributed by atoms with Gasteiger partial charge in [-0.2, -0.15) is 0 Å². The van der Waals surface area contributed by atoms with Crippen LogP contribution in [0, 0.1) is 0 Å². The molecule has 0 radical (unpaired) electrons. The number of carbonyl (C=O) groups excluding carboxylic acids is 1. The van der Waals surface area contributed by atoms with E-state index in [9.17, 15) is 4.79 Å². The number of nitrogens with one attached hydrogen (secondary N) is 2. The Bertz CT molecular complexity index is 309. The first-order valence-corrected chi connectivity index (χ1v) is 8.26. The third kappa shape index (κ3) is 13.2. The van der Waals surface area contributed by atoms with Gasteiger partial charge >= 0.3 is 0 Å². The summed E-state index contributed by atoms with van der Waals surface area (Å²) in [5.41, 5.74) is 0. The van der Waals surface area contributed by atoms with Crippen LogP contribution in [-0.4, -0.2) is 50.0 Å². The van der Waals surface area contributed by atoms with Gasteiger partial charge < -0.3 is 15.5 Å². The van der Waals surface area contributed by atoms with E-state index >= 15 is 0 Å². The van der Waals surface area contributed by atoms with Crippen LogP contribution in [0.25, 0.3) is 0 Å². The number of halogens is 1. The predicted octanol–water partition coefficient (Wildman–Crippen LogP) is 3.00. The number of rotatable bonds is 10. The third-order valence-corrected chi connectivity index (χ3v) is 3.32. The maximum Gasteiger partial charge on any atom is 0.243 e. The van der Waals surface area contributed by atoms with Crippen molar-refractivity contribution < 1.29 is 4.79 Å². The van der Waals surface area contributed by atoms with E-state index in [-0.39, 0.29) is 36.4 Å². The average Bonchev–Trinajstić information content (AvgIpc) is 2.44. The van der Waals surface area contributed by atoms with E-state index in [1.54, 1.807) is 19.0 Å². The highest BCUT2D eigenvalue weighted by atomic mass is 127. The lowest BCUT2D eigenvalue weighted by Crippen LogP contribution is -2.43. The fourth-order valence-corrected chi connectivity index (χ4v) is 1.83. The zero-order valence-corrected chi connectivity index (χ0v) is 17.3. The second-order valence-electron chi connectivity index (χ2n) is 5.77. The fourth-order valence-electron chi connectivity index (χ4n) is 1.83. The van der Waals surface area contributed by atoms with E-state index < -0.39 is 0 Å². The fraction of sp³-hybridized carbons (Fsp3) is 0.875. The highest BCUT2D eigenvalue weighted by Crippen LogP contribution is 2.02. The quantitative estimate of drug-likeness (QED) is 0.244. The molecule has 0 rings (SSSR count). The van der Waals surface area contributed by atoms with Crippen molar-refractivity contribution in [2.75, 3.05) is 27.2 Å². The standard InChI is InChI=1S/C16H34N4O.HI/c1-6-8-10-11-14(3)19-16(17-12-9-7-2)18-13-15(21)20(4)5;/h14H,6-13H2,1-5H3,(H2,17,18,19);1H. The lowest BCUT2D eigenvalue weighted by molar-refractivity contribution is -0.127. The molecule has 0 spiro atoms. The van der Waals surface area contributed by atoms with Crippen LogP contribution in [-0.2, 0) is 4.79 Å². The molecule has 1 atom stereocenters. The third-order valence-electron chi connectivity index (χ3n) is 3.32. The summed E-state index contributed by atoms with van der Waals surface area (Å²) in [4.78, 5) is 17.6. The Balaban J connectivity index is 0.